The van der Waals surface area contributed by atoms with Gasteiger partial charge in [-0.25, -0.2) is 0 Å². The largest absolute Gasteiger partial charge is 0.388 e. The molecule has 1 spiro atoms. The van der Waals surface area contributed by atoms with E-state index in [0.717, 1.165) is 5.92 Å². The van der Waals surface area contributed by atoms with Gasteiger partial charge in [0.25, 0.3) is 0 Å². The predicted molar refractivity (Wildman–Crippen MR) is 58.6 cm³/mol. The first kappa shape index (κ1) is 10.6. The third-order valence-corrected chi connectivity index (χ3v) is 3.58. The molecule has 1 saturated carbocycles. The molecule has 0 aromatic heterocycles. The van der Waals surface area contributed by atoms with E-state index >= 15 is 0 Å². The molecule has 2 aliphatic rings. The van der Waals surface area contributed by atoms with Crippen molar-refractivity contribution in [2.45, 2.75) is 46.5 Å². The highest BCUT2D eigenvalue weighted by atomic mass is 15.0. The summed E-state index contributed by atoms with van der Waals surface area (Å²) in [6.45, 7) is 11.6. The van der Waals surface area contributed by atoms with E-state index in [2.05, 4.69) is 18.8 Å². The summed E-state index contributed by atoms with van der Waals surface area (Å²) < 4.78 is 0. The van der Waals surface area contributed by atoms with E-state index in [1.165, 1.54) is 37.9 Å². The van der Waals surface area contributed by atoms with Crippen LogP contribution in [0.5, 0.6) is 0 Å². The molecule has 0 bridgehead atoms. The van der Waals surface area contributed by atoms with E-state index in [-0.39, 0.29) is 0 Å². The first-order valence-electron chi connectivity index (χ1n) is 5.71. The lowest BCUT2D eigenvalue weighted by atomic mass is 9.62. The van der Waals surface area contributed by atoms with Crippen molar-refractivity contribution in [2.24, 2.45) is 11.3 Å². The van der Waals surface area contributed by atoms with E-state index in [0.29, 0.717) is 5.41 Å². The summed E-state index contributed by atoms with van der Waals surface area (Å²) in [5.74, 6) is 0.774. The quantitative estimate of drug-likeness (QED) is 0.654. The van der Waals surface area contributed by atoms with E-state index in [4.69, 9.17) is 0 Å². The second-order valence-corrected chi connectivity index (χ2v) is 4.06. The fourth-order valence-corrected chi connectivity index (χ4v) is 2.74. The molecular weight excluding hydrogens is 158 g/mol. The number of rotatable bonds is 1. The van der Waals surface area contributed by atoms with Crippen molar-refractivity contribution in [3.8, 4) is 0 Å². The van der Waals surface area contributed by atoms with E-state index in [1.807, 2.05) is 13.8 Å². The highest BCUT2D eigenvalue weighted by Crippen LogP contribution is 2.52. The molecule has 2 fully saturated rings. The van der Waals surface area contributed by atoms with Crippen molar-refractivity contribution in [1.82, 2.24) is 5.32 Å². The zero-order valence-corrected chi connectivity index (χ0v) is 9.32. The molecule has 0 radical (unpaired) electrons. The number of hydrogen-bond donors (Lipinski definition) is 1. The van der Waals surface area contributed by atoms with Gasteiger partial charge in [-0.1, -0.05) is 33.8 Å². The van der Waals surface area contributed by atoms with Gasteiger partial charge in [0.15, 0.2) is 0 Å². The average Bonchev–Trinajstić information content (AvgIpc) is 2.45. The van der Waals surface area contributed by atoms with Crippen LogP contribution in [-0.4, -0.2) is 6.54 Å². The maximum absolute atomic E-state index is 4.07. The van der Waals surface area contributed by atoms with Gasteiger partial charge in [0, 0.05) is 18.2 Å². The molecule has 1 heterocycles. The molecule has 1 nitrogen and oxygen atoms in total. The van der Waals surface area contributed by atoms with Crippen molar-refractivity contribution < 1.29 is 0 Å². The molecule has 1 saturated heterocycles. The van der Waals surface area contributed by atoms with E-state index < -0.39 is 0 Å². The number of hydrogen-bond acceptors (Lipinski definition) is 1. The molecule has 1 unspecified atom stereocenters. The van der Waals surface area contributed by atoms with Gasteiger partial charge in [-0.3, -0.25) is 0 Å². The number of nitrogens with one attached hydrogen (secondary N) is 1. The van der Waals surface area contributed by atoms with Crippen LogP contribution in [0.25, 0.3) is 0 Å². The van der Waals surface area contributed by atoms with Gasteiger partial charge in [0.05, 0.1) is 0 Å². The third kappa shape index (κ3) is 1.61. The standard InChI is InChI=1S/C10H17N.C2H6/c1-3-9-8(2)11-7-10(9)5-4-6-10;1-2/h9,11H,2-7H2,1H3;1-2H3. The Morgan fingerprint density at radius 1 is 1.46 bits per heavy atom. The van der Waals surface area contributed by atoms with Crippen molar-refractivity contribution in [3.05, 3.63) is 12.3 Å². The summed E-state index contributed by atoms with van der Waals surface area (Å²) in [7, 11) is 0. The summed E-state index contributed by atoms with van der Waals surface area (Å²) in [5, 5.41) is 3.42. The summed E-state index contributed by atoms with van der Waals surface area (Å²) in [6.07, 6.45) is 5.56. The molecule has 1 atom stereocenters. The Bertz CT molecular complexity index is 180. The van der Waals surface area contributed by atoms with Gasteiger partial charge < -0.3 is 5.32 Å². The molecule has 2 rings (SSSR count). The van der Waals surface area contributed by atoms with Crippen molar-refractivity contribution in [3.63, 3.8) is 0 Å². The molecule has 1 heteroatoms. The smallest absolute Gasteiger partial charge is 0.0206 e. The molecule has 0 aromatic carbocycles. The Labute approximate surface area is 82.6 Å². The lowest BCUT2D eigenvalue weighted by molar-refractivity contribution is 0.103. The first-order valence-corrected chi connectivity index (χ1v) is 5.71. The van der Waals surface area contributed by atoms with Crippen molar-refractivity contribution >= 4 is 0 Å². The monoisotopic (exact) mass is 181 g/mol. The minimum Gasteiger partial charge on any atom is -0.388 e. The van der Waals surface area contributed by atoms with Gasteiger partial charge in [0.1, 0.15) is 0 Å². The summed E-state index contributed by atoms with van der Waals surface area (Å²) in [5.41, 5.74) is 1.94. The topological polar surface area (TPSA) is 12.0 Å². The fourth-order valence-electron chi connectivity index (χ4n) is 2.74. The molecule has 76 valence electrons. The summed E-state index contributed by atoms with van der Waals surface area (Å²) in [4.78, 5) is 0. The highest BCUT2D eigenvalue weighted by Gasteiger charge is 2.47. The molecule has 1 aliphatic heterocycles. The van der Waals surface area contributed by atoms with Gasteiger partial charge >= 0.3 is 0 Å². The lowest BCUT2D eigenvalue weighted by Crippen LogP contribution is -2.36. The van der Waals surface area contributed by atoms with E-state index in [9.17, 15) is 0 Å². The summed E-state index contributed by atoms with van der Waals surface area (Å²) >= 11 is 0. The van der Waals surface area contributed by atoms with Crippen LogP contribution >= 0.6 is 0 Å². The molecule has 0 aromatic rings. The van der Waals surface area contributed by atoms with Crippen LogP contribution in [0.2, 0.25) is 0 Å². The maximum Gasteiger partial charge on any atom is 0.0206 e. The normalized spacial score (nSPS) is 28.8. The van der Waals surface area contributed by atoms with Crippen molar-refractivity contribution in [2.75, 3.05) is 6.54 Å². The first-order chi connectivity index (χ1) is 6.28. The van der Waals surface area contributed by atoms with Gasteiger partial charge in [-0.2, -0.15) is 0 Å². The third-order valence-electron chi connectivity index (χ3n) is 3.58. The number of allylic oxidation sites excluding steroid dienone is 1. The molecule has 1 N–H and O–H groups in total. The highest BCUT2D eigenvalue weighted by molar-refractivity contribution is 5.15. The average molecular weight is 181 g/mol. The van der Waals surface area contributed by atoms with Crippen LogP contribution in [0.1, 0.15) is 46.5 Å². The van der Waals surface area contributed by atoms with E-state index in [1.54, 1.807) is 0 Å². The van der Waals surface area contributed by atoms with Crippen LogP contribution in [0.4, 0.5) is 0 Å². The zero-order chi connectivity index (χ0) is 9.90. The van der Waals surface area contributed by atoms with Gasteiger partial charge in [0.2, 0.25) is 0 Å². The lowest BCUT2D eigenvalue weighted by Gasteiger charge is -2.42. The Morgan fingerprint density at radius 2 is 2.08 bits per heavy atom. The Balaban J connectivity index is 0.000000396. The molecule has 1 aliphatic carbocycles. The Hall–Kier alpha value is -0.460. The van der Waals surface area contributed by atoms with Crippen LogP contribution in [0.15, 0.2) is 12.3 Å². The second-order valence-electron chi connectivity index (χ2n) is 4.06. The second kappa shape index (κ2) is 4.17. The minimum absolute atomic E-state index is 0.645. The van der Waals surface area contributed by atoms with Gasteiger partial charge in [-0.15, -0.1) is 0 Å². The maximum atomic E-state index is 4.07. The molecule has 0 amide bonds. The van der Waals surface area contributed by atoms with Crippen LogP contribution in [0, 0.1) is 11.3 Å². The predicted octanol–water partition coefficient (Wildman–Crippen LogP) is 3.33. The Kier molecular flexibility index (Phi) is 3.40. The minimum atomic E-state index is 0.645. The van der Waals surface area contributed by atoms with Gasteiger partial charge in [-0.05, 0) is 24.7 Å². The molecular formula is C12H23N. The molecule has 13 heavy (non-hydrogen) atoms. The summed E-state index contributed by atoms with van der Waals surface area (Å²) in [6, 6.07) is 0. The van der Waals surface area contributed by atoms with Crippen LogP contribution < -0.4 is 5.32 Å². The Morgan fingerprint density at radius 3 is 2.38 bits per heavy atom. The SMILES string of the molecule is C=C1NCC2(CCC2)C1CC.CC. The fraction of sp³-hybridized carbons (Fsp3) is 0.833. The van der Waals surface area contributed by atoms with Crippen LogP contribution in [0.3, 0.4) is 0 Å². The zero-order valence-electron chi connectivity index (χ0n) is 9.32. The van der Waals surface area contributed by atoms with Crippen molar-refractivity contribution in [1.29, 1.82) is 0 Å². The van der Waals surface area contributed by atoms with Crippen LogP contribution in [-0.2, 0) is 0 Å².